The predicted octanol–water partition coefficient (Wildman–Crippen LogP) is 2.21. The third-order valence-corrected chi connectivity index (χ3v) is 5.50. The third kappa shape index (κ3) is 3.28. The maximum absolute atomic E-state index is 12.0. The minimum Gasteiger partial charge on any atom is -0.309 e. The second kappa shape index (κ2) is 6.69. The van der Waals surface area contributed by atoms with Crippen molar-refractivity contribution >= 4 is 33.3 Å². The maximum atomic E-state index is 12.0. The number of thiophene rings is 1. The molecule has 25 heavy (non-hydrogen) atoms. The summed E-state index contributed by atoms with van der Waals surface area (Å²) in [6.07, 6.45) is 0. The zero-order valence-electron chi connectivity index (χ0n) is 12.9. The van der Waals surface area contributed by atoms with Gasteiger partial charge in [-0.05, 0) is 17.0 Å². The van der Waals surface area contributed by atoms with Crippen molar-refractivity contribution in [2.45, 2.75) is 17.5 Å². The molecule has 0 saturated heterocycles. The highest BCUT2D eigenvalue weighted by Gasteiger charge is 2.11. The number of aromatic amines is 2. The molecule has 0 saturated carbocycles. The highest BCUT2D eigenvalue weighted by atomic mass is 32.2. The van der Waals surface area contributed by atoms with Crippen LogP contribution in [0.4, 0.5) is 0 Å². The Morgan fingerprint density at radius 2 is 2.00 bits per heavy atom. The molecule has 0 atom stereocenters. The van der Waals surface area contributed by atoms with E-state index in [2.05, 4.69) is 20.2 Å². The topological polar surface area (TPSA) is 96.4 Å². The lowest BCUT2D eigenvalue weighted by molar-refractivity contribution is 0.687. The summed E-state index contributed by atoms with van der Waals surface area (Å²) < 4.78 is 2.19. The normalized spacial score (nSPS) is 11.2. The molecule has 2 N–H and O–H groups in total. The molecule has 0 amide bonds. The first kappa shape index (κ1) is 15.9. The van der Waals surface area contributed by atoms with Gasteiger partial charge in [0.25, 0.3) is 5.56 Å². The van der Waals surface area contributed by atoms with Crippen molar-refractivity contribution in [3.05, 3.63) is 74.0 Å². The van der Waals surface area contributed by atoms with Crippen LogP contribution in [0.25, 0.3) is 10.2 Å². The van der Waals surface area contributed by atoms with E-state index >= 15 is 0 Å². The fraction of sp³-hybridized carbons (Fsp3) is 0.125. The summed E-state index contributed by atoms with van der Waals surface area (Å²) >= 11 is 2.72. The molecule has 4 aromatic rings. The van der Waals surface area contributed by atoms with Gasteiger partial charge in [-0.15, -0.1) is 16.4 Å². The van der Waals surface area contributed by atoms with Crippen molar-refractivity contribution in [1.29, 1.82) is 0 Å². The molecule has 0 fully saturated rings. The van der Waals surface area contributed by atoms with Crippen molar-refractivity contribution < 1.29 is 0 Å². The van der Waals surface area contributed by atoms with Crippen LogP contribution in [0.5, 0.6) is 0 Å². The molecule has 3 heterocycles. The van der Waals surface area contributed by atoms with Gasteiger partial charge in [-0.25, -0.2) is 14.9 Å². The number of aromatic nitrogens is 5. The Morgan fingerprint density at radius 1 is 1.16 bits per heavy atom. The molecule has 4 rings (SSSR count). The molecule has 0 aliphatic heterocycles. The number of nitrogens with one attached hydrogen (secondary N) is 2. The Bertz CT molecular complexity index is 1130. The van der Waals surface area contributed by atoms with Gasteiger partial charge in [0.05, 0.1) is 17.8 Å². The van der Waals surface area contributed by atoms with E-state index in [0.717, 1.165) is 5.56 Å². The van der Waals surface area contributed by atoms with E-state index in [9.17, 15) is 9.59 Å². The monoisotopic (exact) mass is 371 g/mol. The van der Waals surface area contributed by atoms with Crippen molar-refractivity contribution in [2.75, 3.05) is 0 Å². The number of H-pyrrole nitrogens is 2. The van der Waals surface area contributed by atoms with Crippen LogP contribution in [0, 0.1) is 0 Å². The molecular weight excluding hydrogens is 358 g/mol. The summed E-state index contributed by atoms with van der Waals surface area (Å²) in [5, 5.41) is 8.95. The van der Waals surface area contributed by atoms with Gasteiger partial charge < -0.3 is 4.98 Å². The molecule has 9 heteroatoms. The summed E-state index contributed by atoms with van der Waals surface area (Å²) in [6, 6.07) is 11.5. The predicted molar refractivity (Wildman–Crippen MR) is 98.2 cm³/mol. The summed E-state index contributed by atoms with van der Waals surface area (Å²) in [5.41, 5.74) is 1.30. The van der Waals surface area contributed by atoms with Crippen LogP contribution in [-0.4, -0.2) is 24.7 Å². The lowest BCUT2D eigenvalue weighted by Gasteiger charge is -2.05. The van der Waals surface area contributed by atoms with Gasteiger partial charge in [0.2, 0.25) is 0 Å². The quantitative estimate of drug-likeness (QED) is 0.524. The van der Waals surface area contributed by atoms with E-state index in [1.54, 1.807) is 4.57 Å². The van der Waals surface area contributed by atoms with Crippen LogP contribution < -0.4 is 11.2 Å². The number of rotatable bonds is 5. The number of benzene rings is 1. The molecule has 1 aromatic carbocycles. The number of hydrogen-bond acceptors (Lipinski definition) is 6. The van der Waals surface area contributed by atoms with Crippen LogP contribution in [0.3, 0.4) is 0 Å². The first-order valence-corrected chi connectivity index (χ1v) is 9.35. The van der Waals surface area contributed by atoms with Gasteiger partial charge in [-0.3, -0.25) is 9.36 Å². The molecule has 3 aromatic heterocycles. The molecule has 7 nitrogen and oxygen atoms in total. The standard InChI is InChI=1S/C16H13N5O2S2/c22-14-13-11(6-7-24-13)17-12(18-14)9-25-16-20-19-15(23)21(16)8-10-4-2-1-3-5-10/h1-7H,8-9H2,(H,19,23)(H,17,18,22). The highest BCUT2D eigenvalue weighted by Crippen LogP contribution is 2.20. The van der Waals surface area contributed by atoms with Crippen LogP contribution >= 0.6 is 23.1 Å². The Kier molecular flexibility index (Phi) is 4.24. The molecule has 0 spiro atoms. The molecule has 0 unspecified atom stereocenters. The van der Waals surface area contributed by atoms with Crippen molar-refractivity contribution in [2.24, 2.45) is 0 Å². The van der Waals surface area contributed by atoms with Crippen LogP contribution in [0.15, 0.2) is 56.5 Å². The second-order valence-corrected chi connectivity index (χ2v) is 7.18. The smallest absolute Gasteiger partial charge is 0.309 e. The second-order valence-electron chi connectivity index (χ2n) is 5.32. The average Bonchev–Trinajstić information content (AvgIpc) is 3.22. The number of hydrogen-bond donors (Lipinski definition) is 2. The molecule has 0 bridgehead atoms. The molecule has 0 radical (unpaired) electrons. The maximum Gasteiger partial charge on any atom is 0.344 e. The van der Waals surface area contributed by atoms with Crippen LogP contribution in [-0.2, 0) is 12.3 Å². The van der Waals surface area contributed by atoms with Gasteiger partial charge in [0.1, 0.15) is 10.5 Å². The van der Waals surface area contributed by atoms with E-state index < -0.39 is 0 Å². The summed E-state index contributed by atoms with van der Waals surface area (Å²) in [7, 11) is 0. The van der Waals surface area contributed by atoms with Gasteiger partial charge in [0, 0.05) is 0 Å². The van der Waals surface area contributed by atoms with Gasteiger partial charge in [-0.2, -0.15) is 0 Å². The van der Waals surface area contributed by atoms with Crippen molar-refractivity contribution in [1.82, 2.24) is 24.7 Å². The molecule has 0 aliphatic carbocycles. The van der Waals surface area contributed by atoms with Crippen LogP contribution in [0.1, 0.15) is 11.4 Å². The lowest BCUT2D eigenvalue weighted by Crippen LogP contribution is -2.18. The number of thioether (sulfide) groups is 1. The minimum atomic E-state index is -0.263. The average molecular weight is 371 g/mol. The Hall–Kier alpha value is -2.65. The summed E-state index contributed by atoms with van der Waals surface area (Å²) in [5.74, 6) is 0.975. The van der Waals surface area contributed by atoms with E-state index in [1.165, 1.54) is 23.1 Å². The molecular formula is C16H13N5O2S2. The van der Waals surface area contributed by atoms with Gasteiger partial charge >= 0.3 is 5.69 Å². The SMILES string of the molecule is O=c1[nH]c(CSc2n[nH]c(=O)n2Cc2ccccc2)nc2ccsc12. The number of fused-ring (bicyclic) bond motifs is 1. The Balaban J connectivity index is 1.56. The van der Waals surface area contributed by atoms with E-state index in [0.29, 0.717) is 33.5 Å². The van der Waals surface area contributed by atoms with Crippen molar-refractivity contribution in [3.63, 3.8) is 0 Å². The Morgan fingerprint density at radius 3 is 2.84 bits per heavy atom. The fourth-order valence-electron chi connectivity index (χ4n) is 2.44. The largest absolute Gasteiger partial charge is 0.344 e. The Labute approximate surface area is 149 Å². The fourth-order valence-corrected chi connectivity index (χ4v) is 3.98. The van der Waals surface area contributed by atoms with Gasteiger partial charge in [0.15, 0.2) is 5.16 Å². The highest BCUT2D eigenvalue weighted by molar-refractivity contribution is 7.98. The molecule has 126 valence electrons. The van der Waals surface area contributed by atoms with Gasteiger partial charge in [-0.1, -0.05) is 42.1 Å². The first-order valence-electron chi connectivity index (χ1n) is 7.49. The zero-order chi connectivity index (χ0) is 17.2. The van der Waals surface area contributed by atoms with E-state index in [-0.39, 0.29) is 11.2 Å². The van der Waals surface area contributed by atoms with E-state index in [4.69, 9.17) is 0 Å². The van der Waals surface area contributed by atoms with Crippen molar-refractivity contribution in [3.8, 4) is 0 Å². The first-order chi connectivity index (χ1) is 12.2. The van der Waals surface area contributed by atoms with Crippen LogP contribution in [0.2, 0.25) is 0 Å². The van der Waals surface area contributed by atoms with E-state index in [1.807, 2.05) is 41.8 Å². The number of nitrogens with zero attached hydrogens (tertiary/aromatic N) is 3. The summed E-state index contributed by atoms with van der Waals surface area (Å²) in [4.78, 5) is 31.2. The minimum absolute atomic E-state index is 0.140. The molecule has 0 aliphatic rings. The summed E-state index contributed by atoms with van der Waals surface area (Å²) in [6.45, 7) is 0.437. The zero-order valence-corrected chi connectivity index (χ0v) is 14.6. The third-order valence-electron chi connectivity index (χ3n) is 3.61. The lowest BCUT2D eigenvalue weighted by atomic mass is 10.2.